The van der Waals surface area contributed by atoms with Crippen LogP contribution in [-0.4, -0.2) is 51.5 Å². The summed E-state index contributed by atoms with van der Waals surface area (Å²) < 4.78 is 16.0. The van der Waals surface area contributed by atoms with E-state index in [0.29, 0.717) is 54.0 Å². The molecule has 2 aromatic carbocycles. The number of hydrogen-bond acceptors (Lipinski definition) is 6. The van der Waals surface area contributed by atoms with Gasteiger partial charge < -0.3 is 29.7 Å². The highest BCUT2D eigenvalue weighted by molar-refractivity contribution is 6.06. The van der Waals surface area contributed by atoms with Crippen LogP contribution in [0.2, 0.25) is 0 Å². The van der Waals surface area contributed by atoms with Crippen LogP contribution in [0.1, 0.15) is 53.8 Å². The van der Waals surface area contributed by atoms with Crippen LogP contribution < -0.4 is 25.0 Å². The molecule has 0 atom stereocenters. The Kier molecular flexibility index (Phi) is 7.90. The Bertz CT molecular complexity index is 1020. The molecule has 8 nitrogen and oxygen atoms in total. The molecule has 0 aromatic heterocycles. The third kappa shape index (κ3) is 5.80. The first-order valence-corrected chi connectivity index (χ1v) is 12.0. The highest BCUT2D eigenvalue weighted by Crippen LogP contribution is 2.33. The predicted molar refractivity (Wildman–Crippen MR) is 131 cm³/mol. The second-order valence-corrected chi connectivity index (χ2v) is 8.73. The third-order valence-electron chi connectivity index (χ3n) is 6.21. The predicted octanol–water partition coefficient (Wildman–Crippen LogP) is 4.06. The van der Waals surface area contributed by atoms with E-state index in [9.17, 15) is 9.59 Å². The van der Waals surface area contributed by atoms with Crippen molar-refractivity contribution in [1.29, 1.82) is 0 Å². The van der Waals surface area contributed by atoms with E-state index in [2.05, 4.69) is 22.5 Å². The monoisotopic (exact) mass is 467 g/mol. The first-order chi connectivity index (χ1) is 16.5. The number of nitrogens with zero attached hydrogens (tertiary/aromatic N) is 1. The highest BCUT2D eigenvalue weighted by Gasteiger charge is 2.22. The Morgan fingerprint density at radius 3 is 2.65 bits per heavy atom. The number of hydrogen-bond donors (Lipinski definition) is 2. The van der Waals surface area contributed by atoms with E-state index in [4.69, 9.17) is 14.2 Å². The summed E-state index contributed by atoms with van der Waals surface area (Å²) in [4.78, 5) is 28.2. The Morgan fingerprint density at radius 2 is 1.85 bits per heavy atom. The van der Waals surface area contributed by atoms with Gasteiger partial charge in [-0.15, -0.1) is 0 Å². The zero-order valence-electron chi connectivity index (χ0n) is 19.9. The molecule has 0 spiro atoms. The van der Waals surface area contributed by atoms with Crippen molar-refractivity contribution in [2.24, 2.45) is 5.92 Å². The summed E-state index contributed by atoms with van der Waals surface area (Å²) in [5.41, 5.74) is 2.49. The van der Waals surface area contributed by atoms with Gasteiger partial charge in [-0.05, 0) is 68.5 Å². The van der Waals surface area contributed by atoms with Crippen molar-refractivity contribution in [2.45, 2.75) is 33.1 Å². The lowest BCUT2D eigenvalue weighted by Gasteiger charge is -2.33. The SMILES string of the molecule is CCOCCCNC(=O)c1cc(NC(=O)c2ccc3c(c2)OCO3)ccc1N1CCC(C)CC1. The van der Waals surface area contributed by atoms with Gasteiger partial charge in [0.1, 0.15) is 0 Å². The molecule has 2 aliphatic rings. The van der Waals surface area contributed by atoms with E-state index >= 15 is 0 Å². The van der Waals surface area contributed by atoms with Crippen LogP contribution in [0.4, 0.5) is 11.4 Å². The van der Waals surface area contributed by atoms with E-state index in [-0.39, 0.29) is 18.6 Å². The average Bonchev–Trinajstić information content (AvgIpc) is 3.32. The minimum Gasteiger partial charge on any atom is -0.454 e. The van der Waals surface area contributed by atoms with Crippen LogP contribution in [0.15, 0.2) is 36.4 Å². The summed E-state index contributed by atoms with van der Waals surface area (Å²) in [5.74, 6) is 1.44. The van der Waals surface area contributed by atoms with Crippen molar-refractivity contribution >= 4 is 23.2 Å². The highest BCUT2D eigenvalue weighted by atomic mass is 16.7. The van der Waals surface area contributed by atoms with Gasteiger partial charge in [-0.3, -0.25) is 9.59 Å². The molecule has 4 rings (SSSR count). The molecule has 0 saturated carbocycles. The van der Waals surface area contributed by atoms with Crippen molar-refractivity contribution < 1.29 is 23.8 Å². The molecule has 8 heteroatoms. The largest absolute Gasteiger partial charge is 0.454 e. The topological polar surface area (TPSA) is 89.1 Å². The van der Waals surface area contributed by atoms with Gasteiger partial charge in [0.2, 0.25) is 6.79 Å². The number of rotatable bonds is 9. The Balaban J connectivity index is 1.50. The summed E-state index contributed by atoms with van der Waals surface area (Å²) in [5, 5.41) is 5.91. The molecule has 0 bridgehead atoms. The van der Waals surface area contributed by atoms with Crippen LogP contribution in [-0.2, 0) is 4.74 Å². The third-order valence-corrected chi connectivity index (χ3v) is 6.21. The average molecular weight is 468 g/mol. The second-order valence-electron chi connectivity index (χ2n) is 8.73. The standard InChI is InChI=1S/C26H33N3O5/c1-3-32-14-4-11-27-26(31)21-16-20(6-7-22(21)29-12-9-18(2)10-13-29)28-25(30)19-5-8-23-24(15-19)34-17-33-23/h5-8,15-16,18H,3-4,9-14,17H2,1-2H3,(H,27,31)(H,28,30). The summed E-state index contributed by atoms with van der Waals surface area (Å²) in [6.45, 7) is 7.99. The van der Waals surface area contributed by atoms with Crippen LogP contribution in [0, 0.1) is 5.92 Å². The molecule has 2 heterocycles. The van der Waals surface area contributed by atoms with Gasteiger partial charge in [-0.25, -0.2) is 0 Å². The van der Waals surface area contributed by atoms with Gasteiger partial charge in [0.05, 0.1) is 5.56 Å². The first kappa shape index (κ1) is 23.9. The number of ether oxygens (including phenoxy) is 3. The van der Waals surface area contributed by atoms with E-state index < -0.39 is 0 Å². The molecule has 34 heavy (non-hydrogen) atoms. The van der Waals surface area contributed by atoms with Gasteiger partial charge in [0, 0.05) is 49.8 Å². The number of carbonyl (C=O) groups excluding carboxylic acids is 2. The van der Waals surface area contributed by atoms with Crippen LogP contribution in [0.3, 0.4) is 0 Å². The lowest BCUT2D eigenvalue weighted by Crippen LogP contribution is -2.35. The van der Waals surface area contributed by atoms with Gasteiger partial charge >= 0.3 is 0 Å². The van der Waals surface area contributed by atoms with Crippen molar-refractivity contribution in [1.82, 2.24) is 5.32 Å². The van der Waals surface area contributed by atoms with Crippen LogP contribution in [0.5, 0.6) is 11.5 Å². The van der Waals surface area contributed by atoms with Gasteiger partial charge in [0.15, 0.2) is 11.5 Å². The van der Waals surface area contributed by atoms with Crippen molar-refractivity contribution in [2.75, 3.05) is 49.9 Å². The maximum Gasteiger partial charge on any atom is 0.255 e. The molecular formula is C26H33N3O5. The molecule has 1 fully saturated rings. The molecule has 182 valence electrons. The maximum absolute atomic E-state index is 13.1. The van der Waals surface area contributed by atoms with Crippen LogP contribution in [0.25, 0.3) is 0 Å². The molecule has 0 unspecified atom stereocenters. The minimum absolute atomic E-state index is 0.149. The van der Waals surface area contributed by atoms with Gasteiger partial charge in [-0.2, -0.15) is 0 Å². The number of nitrogens with one attached hydrogen (secondary N) is 2. The molecule has 0 aliphatic carbocycles. The van der Waals surface area contributed by atoms with Gasteiger partial charge in [0.25, 0.3) is 11.8 Å². The van der Waals surface area contributed by atoms with Crippen molar-refractivity contribution in [3.63, 3.8) is 0 Å². The van der Waals surface area contributed by atoms with E-state index in [1.807, 2.05) is 19.1 Å². The smallest absolute Gasteiger partial charge is 0.255 e. The molecule has 2 N–H and O–H groups in total. The number of amides is 2. The molecule has 2 aromatic rings. The first-order valence-electron chi connectivity index (χ1n) is 12.0. The minimum atomic E-state index is -0.277. The zero-order chi connectivity index (χ0) is 23.9. The summed E-state index contributed by atoms with van der Waals surface area (Å²) in [6.07, 6.45) is 2.94. The van der Waals surface area contributed by atoms with E-state index in [1.54, 1.807) is 24.3 Å². The quantitative estimate of drug-likeness (QED) is 0.541. The fourth-order valence-electron chi connectivity index (χ4n) is 4.18. The molecule has 2 aliphatic heterocycles. The van der Waals surface area contributed by atoms with E-state index in [1.165, 1.54) is 0 Å². The summed E-state index contributed by atoms with van der Waals surface area (Å²) in [6, 6.07) is 10.6. The lowest BCUT2D eigenvalue weighted by molar-refractivity contribution is 0.0943. The van der Waals surface area contributed by atoms with Crippen LogP contribution >= 0.6 is 0 Å². The zero-order valence-corrected chi connectivity index (χ0v) is 19.9. The number of benzene rings is 2. The summed E-state index contributed by atoms with van der Waals surface area (Å²) in [7, 11) is 0. The molecule has 2 amide bonds. The fraction of sp³-hybridized carbons (Fsp3) is 0.462. The van der Waals surface area contributed by atoms with Gasteiger partial charge in [-0.1, -0.05) is 6.92 Å². The maximum atomic E-state index is 13.1. The molecule has 0 radical (unpaired) electrons. The second kappa shape index (κ2) is 11.2. The lowest BCUT2D eigenvalue weighted by atomic mass is 9.97. The molecule has 1 saturated heterocycles. The number of piperidine rings is 1. The summed E-state index contributed by atoms with van der Waals surface area (Å²) >= 11 is 0. The Hall–Kier alpha value is -3.26. The van der Waals surface area contributed by atoms with Crippen molar-refractivity contribution in [3.8, 4) is 11.5 Å². The normalized spacial score (nSPS) is 15.3. The molecular weight excluding hydrogens is 434 g/mol. The number of carbonyl (C=O) groups is 2. The Labute approximate surface area is 200 Å². The number of fused-ring (bicyclic) bond motifs is 1. The van der Waals surface area contributed by atoms with E-state index in [0.717, 1.165) is 38.0 Å². The Morgan fingerprint density at radius 1 is 1.06 bits per heavy atom. The fourth-order valence-corrected chi connectivity index (χ4v) is 4.18. The van der Waals surface area contributed by atoms with Crippen molar-refractivity contribution in [3.05, 3.63) is 47.5 Å². The number of anilines is 2.